The summed E-state index contributed by atoms with van der Waals surface area (Å²) in [5, 5.41) is 13.1. The van der Waals surface area contributed by atoms with E-state index in [0.717, 1.165) is 11.1 Å². The number of ether oxygens (including phenoxy) is 2. The Balaban J connectivity index is 2.15. The maximum absolute atomic E-state index is 13.0. The molecule has 0 unspecified atom stereocenters. The van der Waals surface area contributed by atoms with Crippen molar-refractivity contribution >= 4 is 11.6 Å². The van der Waals surface area contributed by atoms with E-state index >= 15 is 0 Å². The van der Waals surface area contributed by atoms with E-state index in [9.17, 15) is 9.50 Å². The lowest BCUT2D eigenvalue weighted by molar-refractivity contribution is 0.187. The largest absolute Gasteiger partial charge is 0.490 e. The molecule has 0 aromatic heterocycles. The van der Waals surface area contributed by atoms with Crippen LogP contribution in [0, 0.1) is 5.82 Å². The van der Waals surface area contributed by atoms with Crippen molar-refractivity contribution in [2.45, 2.75) is 39.5 Å². The smallest absolute Gasteiger partial charge is 0.180 e. The molecule has 26 heavy (non-hydrogen) atoms. The molecule has 2 aromatic rings. The molecule has 0 saturated heterocycles. The van der Waals surface area contributed by atoms with E-state index in [-0.39, 0.29) is 19.0 Å². The average molecular weight is 382 g/mol. The Morgan fingerprint density at radius 3 is 2.42 bits per heavy atom. The second kappa shape index (κ2) is 9.21. The lowest BCUT2D eigenvalue weighted by atomic mass is 10.1. The molecular formula is C20H25ClFNO3. The number of aliphatic hydroxyl groups is 1. The normalized spacial score (nSPS) is 11.5. The predicted octanol–water partition coefficient (Wildman–Crippen LogP) is 4.32. The van der Waals surface area contributed by atoms with Crippen LogP contribution in [0.1, 0.15) is 31.9 Å². The van der Waals surface area contributed by atoms with Crippen molar-refractivity contribution in [2.24, 2.45) is 0 Å². The van der Waals surface area contributed by atoms with Crippen molar-refractivity contribution in [3.63, 3.8) is 0 Å². The van der Waals surface area contributed by atoms with Gasteiger partial charge in [-0.1, -0.05) is 23.7 Å². The van der Waals surface area contributed by atoms with Crippen LogP contribution in [0.2, 0.25) is 5.02 Å². The number of nitrogens with one attached hydrogen (secondary N) is 1. The van der Waals surface area contributed by atoms with Crippen molar-refractivity contribution in [3.8, 4) is 11.5 Å². The van der Waals surface area contributed by atoms with Crippen LogP contribution >= 0.6 is 11.6 Å². The number of aliphatic hydroxyl groups excluding tert-OH is 1. The summed E-state index contributed by atoms with van der Waals surface area (Å²) in [7, 11) is 0. The van der Waals surface area contributed by atoms with Crippen LogP contribution in [-0.2, 0) is 13.2 Å². The van der Waals surface area contributed by atoms with Crippen molar-refractivity contribution < 1.29 is 19.0 Å². The van der Waals surface area contributed by atoms with Gasteiger partial charge in [0.05, 0.1) is 18.2 Å². The lowest BCUT2D eigenvalue weighted by Gasteiger charge is -2.24. The molecule has 0 atom stereocenters. The van der Waals surface area contributed by atoms with Crippen LogP contribution < -0.4 is 14.8 Å². The fraction of sp³-hybridized carbons (Fsp3) is 0.400. The van der Waals surface area contributed by atoms with Crippen LogP contribution in [0.15, 0.2) is 36.4 Å². The molecular weight excluding hydrogens is 357 g/mol. The summed E-state index contributed by atoms with van der Waals surface area (Å²) in [5.74, 6) is 0.730. The standard InChI is InChI=1S/C20H25ClFNO3/c1-4-25-18-10-15(11-23-20(2,3)13-24)9-17(21)19(18)26-12-14-5-7-16(22)8-6-14/h5-10,23-24H,4,11-13H2,1-3H3. The summed E-state index contributed by atoms with van der Waals surface area (Å²) in [6, 6.07) is 9.79. The Bertz CT molecular complexity index is 720. The Morgan fingerprint density at radius 2 is 1.81 bits per heavy atom. The van der Waals surface area contributed by atoms with Crippen LogP contribution in [0.25, 0.3) is 0 Å². The molecule has 0 spiro atoms. The summed E-state index contributed by atoms with van der Waals surface area (Å²) in [6.45, 7) is 7.01. The summed E-state index contributed by atoms with van der Waals surface area (Å²) in [4.78, 5) is 0. The minimum atomic E-state index is -0.393. The van der Waals surface area contributed by atoms with Gasteiger partial charge in [0.2, 0.25) is 0 Å². The maximum Gasteiger partial charge on any atom is 0.180 e. The predicted molar refractivity (Wildman–Crippen MR) is 101 cm³/mol. The number of rotatable bonds is 9. The zero-order valence-corrected chi connectivity index (χ0v) is 16.1. The molecule has 142 valence electrons. The van der Waals surface area contributed by atoms with E-state index in [1.165, 1.54) is 12.1 Å². The molecule has 0 aliphatic heterocycles. The first-order valence-electron chi connectivity index (χ1n) is 8.53. The van der Waals surface area contributed by atoms with Crippen molar-refractivity contribution in [1.29, 1.82) is 0 Å². The van der Waals surface area contributed by atoms with Crippen LogP contribution in [0.4, 0.5) is 4.39 Å². The first-order valence-corrected chi connectivity index (χ1v) is 8.91. The molecule has 6 heteroatoms. The summed E-state index contributed by atoms with van der Waals surface area (Å²) >= 11 is 6.40. The van der Waals surface area contributed by atoms with Gasteiger partial charge in [-0.3, -0.25) is 0 Å². The zero-order valence-electron chi connectivity index (χ0n) is 15.3. The van der Waals surface area contributed by atoms with Gasteiger partial charge >= 0.3 is 0 Å². The lowest BCUT2D eigenvalue weighted by Crippen LogP contribution is -2.42. The minimum absolute atomic E-state index is 0.0257. The first-order chi connectivity index (χ1) is 12.3. The molecule has 0 amide bonds. The summed E-state index contributed by atoms with van der Waals surface area (Å²) < 4.78 is 24.5. The van der Waals surface area contributed by atoms with Crippen molar-refractivity contribution in [1.82, 2.24) is 5.32 Å². The van der Waals surface area contributed by atoms with E-state index in [1.54, 1.807) is 12.1 Å². The topological polar surface area (TPSA) is 50.7 Å². The molecule has 0 fully saturated rings. The van der Waals surface area contributed by atoms with Gasteiger partial charge in [0, 0.05) is 12.1 Å². The van der Waals surface area contributed by atoms with E-state index in [0.29, 0.717) is 29.7 Å². The Labute approximate surface area is 158 Å². The third-order valence-corrected chi connectivity index (χ3v) is 4.11. The molecule has 0 aliphatic rings. The van der Waals surface area contributed by atoms with Gasteiger partial charge < -0.3 is 19.9 Å². The second-order valence-electron chi connectivity index (χ2n) is 6.65. The molecule has 0 radical (unpaired) electrons. The Kier molecular flexibility index (Phi) is 7.26. The molecule has 0 saturated carbocycles. The van der Waals surface area contributed by atoms with Crippen molar-refractivity contribution in [2.75, 3.05) is 13.2 Å². The highest BCUT2D eigenvalue weighted by molar-refractivity contribution is 6.32. The highest BCUT2D eigenvalue weighted by Crippen LogP contribution is 2.37. The third kappa shape index (κ3) is 5.87. The molecule has 0 aliphatic carbocycles. The van der Waals surface area contributed by atoms with Gasteiger partial charge in [0.15, 0.2) is 11.5 Å². The molecule has 2 aromatic carbocycles. The Hall–Kier alpha value is -1.82. The first kappa shape index (κ1) is 20.5. The van der Waals surface area contributed by atoms with Gasteiger partial charge in [-0.25, -0.2) is 4.39 Å². The second-order valence-corrected chi connectivity index (χ2v) is 7.06. The van der Waals surface area contributed by atoms with E-state index < -0.39 is 5.54 Å². The number of halogens is 2. The summed E-state index contributed by atoms with van der Waals surface area (Å²) in [6.07, 6.45) is 0. The van der Waals surface area contributed by atoms with Gasteiger partial charge in [-0.2, -0.15) is 0 Å². The number of hydrogen-bond donors (Lipinski definition) is 2. The minimum Gasteiger partial charge on any atom is -0.490 e. The average Bonchev–Trinajstić information content (AvgIpc) is 2.61. The molecule has 4 nitrogen and oxygen atoms in total. The molecule has 0 bridgehead atoms. The monoisotopic (exact) mass is 381 g/mol. The van der Waals surface area contributed by atoms with Gasteiger partial charge in [0.1, 0.15) is 12.4 Å². The Morgan fingerprint density at radius 1 is 1.12 bits per heavy atom. The SMILES string of the molecule is CCOc1cc(CNC(C)(C)CO)cc(Cl)c1OCc1ccc(F)cc1. The van der Waals surface area contributed by atoms with E-state index in [1.807, 2.05) is 32.9 Å². The van der Waals surface area contributed by atoms with Crippen LogP contribution in [-0.4, -0.2) is 23.9 Å². The third-order valence-electron chi connectivity index (χ3n) is 3.83. The van der Waals surface area contributed by atoms with E-state index in [4.69, 9.17) is 21.1 Å². The molecule has 2 rings (SSSR count). The fourth-order valence-corrected chi connectivity index (χ4v) is 2.55. The molecule has 2 N–H and O–H groups in total. The number of benzene rings is 2. The van der Waals surface area contributed by atoms with Gasteiger partial charge in [0.25, 0.3) is 0 Å². The fourth-order valence-electron chi connectivity index (χ4n) is 2.26. The zero-order chi connectivity index (χ0) is 19.2. The van der Waals surface area contributed by atoms with E-state index in [2.05, 4.69) is 5.32 Å². The van der Waals surface area contributed by atoms with Crippen molar-refractivity contribution in [3.05, 3.63) is 58.4 Å². The quantitative estimate of drug-likeness (QED) is 0.679. The summed E-state index contributed by atoms with van der Waals surface area (Å²) in [5.41, 5.74) is 1.37. The van der Waals surface area contributed by atoms with Gasteiger partial charge in [-0.15, -0.1) is 0 Å². The van der Waals surface area contributed by atoms with Gasteiger partial charge in [-0.05, 0) is 56.2 Å². The van der Waals surface area contributed by atoms with Crippen LogP contribution in [0.5, 0.6) is 11.5 Å². The highest BCUT2D eigenvalue weighted by atomic mass is 35.5. The van der Waals surface area contributed by atoms with Crippen LogP contribution in [0.3, 0.4) is 0 Å². The molecule has 0 heterocycles. The highest BCUT2D eigenvalue weighted by Gasteiger charge is 2.17. The number of hydrogen-bond acceptors (Lipinski definition) is 4. The maximum atomic E-state index is 13.0.